The van der Waals surface area contributed by atoms with E-state index in [-0.39, 0.29) is 18.0 Å². The van der Waals surface area contributed by atoms with Crippen molar-refractivity contribution in [2.75, 3.05) is 36.3 Å². The normalized spacial score (nSPS) is 15.5. The number of aryl methyl sites for hydroxylation is 2. The molecule has 1 aliphatic rings. The molecule has 0 saturated heterocycles. The zero-order chi connectivity index (χ0) is 22.7. The molecule has 2 aromatic rings. The van der Waals surface area contributed by atoms with Gasteiger partial charge in [-0.1, -0.05) is 6.92 Å². The van der Waals surface area contributed by atoms with Crippen LogP contribution in [0.25, 0.3) is 0 Å². The average Bonchev–Trinajstić information content (AvgIpc) is 2.78. The lowest BCUT2D eigenvalue weighted by Gasteiger charge is -2.42. The second-order valence-electron chi connectivity index (χ2n) is 7.54. The van der Waals surface area contributed by atoms with E-state index in [1.807, 2.05) is 57.4 Å². The molecule has 31 heavy (non-hydrogen) atoms. The summed E-state index contributed by atoms with van der Waals surface area (Å²) < 4.78 is 10.9. The summed E-state index contributed by atoms with van der Waals surface area (Å²) >= 11 is 1.60. The molecule has 0 aromatic heterocycles. The van der Waals surface area contributed by atoms with Gasteiger partial charge in [-0.05, 0) is 74.9 Å². The number of rotatable bonds is 5. The summed E-state index contributed by atoms with van der Waals surface area (Å²) in [5, 5.41) is 0. The smallest absolute Gasteiger partial charge is 0.414 e. The minimum Gasteiger partial charge on any atom is -0.496 e. The zero-order valence-corrected chi connectivity index (χ0v) is 19.8. The average molecular weight is 443 g/mol. The fourth-order valence-corrected chi connectivity index (χ4v) is 4.28. The van der Waals surface area contributed by atoms with E-state index in [0.29, 0.717) is 42.3 Å². The SMILES string of the molecule is CCOC(=O)N1c2cc(C)c(C)cc2N(C(=O)c2ccc(SC)cc2OC)CC1CC. The second-order valence-corrected chi connectivity index (χ2v) is 8.42. The number of thioether (sulfide) groups is 1. The topological polar surface area (TPSA) is 59.1 Å². The van der Waals surface area contributed by atoms with E-state index in [2.05, 4.69) is 0 Å². The number of anilines is 2. The molecule has 1 atom stereocenters. The van der Waals surface area contributed by atoms with Gasteiger partial charge in [-0.2, -0.15) is 0 Å². The molecule has 0 aliphatic carbocycles. The summed E-state index contributed by atoms with van der Waals surface area (Å²) in [5.74, 6) is 0.402. The Morgan fingerprint density at radius 1 is 1.10 bits per heavy atom. The molecule has 0 bridgehead atoms. The molecule has 7 heteroatoms. The Kier molecular flexibility index (Phi) is 7.15. The fraction of sp³-hybridized carbons (Fsp3) is 0.417. The van der Waals surface area contributed by atoms with Crippen LogP contribution < -0.4 is 14.5 Å². The van der Waals surface area contributed by atoms with Gasteiger partial charge in [-0.15, -0.1) is 11.8 Å². The highest BCUT2D eigenvalue weighted by atomic mass is 32.2. The number of fused-ring (bicyclic) bond motifs is 1. The largest absolute Gasteiger partial charge is 0.496 e. The van der Waals surface area contributed by atoms with Crippen molar-refractivity contribution in [1.82, 2.24) is 0 Å². The maximum atomic E-state index is 13.7. The number of carbonyl (C=O) groups excluding carboxylic acids is 2. The molecule has 2 aromatic carbocycles. The first-order valence-electron chi connectivity index (χ1n) is 10.5. The van der Waals surface area contributed by atoms with Gasteiger partial charge < -0.3 is 14.4 Å². The number of carbonyl (C=O) groups is 2. The van der Waals surface area contributed by atoms with Gasteiger partial charge in [0.25, 0.3) is 5.91 Å². The van der Waals surface area contributed by atoms with Crippen LogP contribution in [0.1, 0.15) is 41.8 Å². The Morgan fingerprint density at radius 2 is 1.77 bits per heavy atom. The lowest BCUT2D eigenvalue weighted by molar-refractivity contribution is 0.0978. The first-order valence-corrected chi connectivity index (χ1v) is 11.7. The molecule has 6 nitrogen and oxygen atoms in total. The highest BCUT2D eigenvalue weighted by Crippen LogP contribution is 2.40. The zero-order valence-electron chi connectivity index (χ0n) is 19.0. The van der Waals surface area contributed by atoms with Crippen LogP contribution in [0.4, 0.5) is 16.2 Å². The quantitative estimate of drug-likeness (QED) is 0.578. The number of amides is 2. The third-order valence-corrected chi connectivity index (χ3v) is 6.45. The van der Waals surface area contributed by atoms with Crippen molar-refractivity contribution < 1.29 is 19.1 Å². The molecule has 1 aliphatic heterocycles. The summed E-state index contributed by atoms with van der Waals surface area (Å²) in [6.07, 6.45) is 2.29. The summed E-state index contributed by atoms with van der Waals surface area (Å²) in [5.41, 5.74) is 4.03. The van der Waals surface area contributed by atoms with Crippen molar-refractivity contribution in [3.05, 3.63) is 47.0 Å². The van der Waals surface area contributed by atoms with Crippen LogP contribution in [0.2, 0.25) is 0 Å². The van der Waals surface area contributed by atoms with Crippen LogP contribution in [-0.4, -0.2) is 44.6 Å². The highest BCUT2D eigenvalue weighted by molar-refractivity contribution is 7.98. The van der Waals surface area contributed by atoms with E-state index in [1.54, 1.807) is 35.6 Å². The third kappa shape index (κ3) is 4.37. The maximum absolute atomic E-state index is 13.7. The standard InChI is InChI=1S/C24H30N2O4S/c1-7-17-14-25(23(27)19-10-9-18(31-6)13-22(19)29-5)20-11-15(3)16(4)12-21(20)26(17)24(28)30-8-2/h9-13,17H,7-8,14H2,1-6H3. The molecule has 3 rings (SSSR count). The Labute approximate surface area is 188 Å². The van der Waals surface area contributed by atoms with Crippen LogP contribution in [0, 0.1) is 13.8 Å². The third-order valence-electron chi connectivity index (χ3n) is 5.72. The van der Waals surface area contributed by atoms with E-state index in [9.17, 15) is 9.59 Å². The molecule has 0 fully saturated rings. The van der Waals surface area contributed by atoms with Crippen molar-refractivity contribution in [1.29, 1.82) is 0 Å². The van der Waals surface area contributed by atoms with Crippen LogP contribution in [0.15, 0.2) is 35.2 Å². The van der Waals surface area contributed by atoms with Crippen LogP contribution >= 0.6 is 11.8 Å². The molecule has 1 heterocycles. The molecule has 166 valence electrons. The van der Waals surface area contributed by atoms with E-state index in [1.165, 1.54) is 0 Å². The molecule has 2 amide bonds. The summed E-state index contributed by atoms with van der Waals surface area (Å²) in [7, 11) is 1.57. The molecular weight excluding hydrogens is 412 g/mol. The number of methoxy groups -OCH3 is 1. The van der Waals surface area contributed by atoms with Gasteiger partial charge in [0.05, 0.1) is 36.7 Å². The molecule has 1 unspecified atom stereocenters. The van der Waals surface area contributed by atoms with Gasteiger partial charge >= 0.3 is 6.09 Å². The van der Waals surface area contributed by atoms with Gasteiger partial charge in [-0.25, -0.2) is 4.79 Å². The minimum atomic E-state index is -0.382. The van der Waals surface area contributed by atoms with Crippen molar-refractivity contribution in [3.8, 4) is 5.75 Å². The molecule has 0 N–H and O–H groups in total. The Hall–Kier alpha value is -2.67. The lowest BCUT2D eigenvalue weighted by atomic mass is 9.99. The first kappa shape index (κ1) is 23.0. The molecule has 0 spiro atoms. The monoisotopic (exact) mass is 442 g/mol. The number of benzene rings is 2. The van der Waals surface area contributed by atoms with E-state index in [0.717, 1.165) is 16.0 Å². The van der Waals surface area contributed by atoms with Gasteiger partial charge in [0.15, 0.2) is 0 Å². The van der Waals surface area contributed by atoms with Crippen molar-refractivity contribution in [2.24, 2.45) is 0 Å². The second kappa shape index (κ2) is 9.64. The van der Waals surface area contributed by atoms with Crippen molar-refractivity contribution in [3.63, 3.8) is 0 Å². The fourth-order valence-electron chi connectivity index (χ4n) is 3.85. The number of hydrogen-bond donors (Lipinski definition) is 0. The number of nitrogens with zero attached hydrogens (tertiary/aromatic N) is 2. The summed E-state index contributed by atoms with van der Waals surface area (Å²) in [4.78, 5) is 31.0. The first-order chi connectivity index (χ1) is 14.9. The molecular formula is C24H30N2O4S. The van der Waals surface area contributed by atoms with Crippen LogP contribution in [-0.2, 0) is 4.74 Å². The Balaban J connectivity index is 2.13. The number of ether oxygens (including phenoxy) is 2. The van der Waals surface area contributed by atoms with Gasteiger partial charge in [0, 0.05) is 11.4 Å². The van der Waals surface area contributed by atoms with Crippen molar-refractivity contribution in [2.45, 2.75) is 45.1 Å². The predicted octanol–water partition coefficient (Wildman–Crippen LogP) is 5.44. The molecule has 0 saturated carbocycles. The van der Waals surface area contributed by atoms with E-state index in [4.69, 9.17) is 9.47 Å². The van der Waals surface area contributed by atoms with E-state index < -0.39 is 0 Å². The lowest BCUT2D eigenvalue weighted by Crippen LogP contribution is -2.53. The summed E-state index contributed by atoms with van der Waals surface area (Å²) in [6, 6.07) is 9.38. The Morgan fingerprint density at radius 3 is 2.35 bits per heavy atom. The van der Waals surface area contributed by atoms with Gasteiger partial charge in [-0.3, -0.25) is 9.69 Å². The molecule has 0 radical (unpaired) electrons. The maximum Gasteiger partial charge on any atom is 0.414 e. The number of hydrogen-bond acceptors (Lipinski definition) is 5. The Bertz CT molecular complexity index is 992. The van der Waals surface area contributed by atoms with Crippen molar-refractivity contribution >= 4 is 35.1 Å². The van der Waals surface area contributed by atoms with Gasteiger partial charge in [0.2, 0.25) is 0 Å². The van der Waals surface area contributed by atoms with Crippen LogP contribution in [0.3, 0.4) is 0 Å². The summed E-state index contributed by atoms with van der Waals surface area (Å²) in [6.45, 7) is 8.51. The van der Waals surface area contributed by atoms with Crippen LogP contribution in [0.5, 0.6) is 5.75 Å². The van der Waals surface area contributed by atoms with E-state index >= 15 is 0 Å². The van der Waals surface area contributed by atoms with Gasteiger partial charge in [0.1, 0.15) is 5.75 Å². The minimum absolute atomic E-state index is 0.143. The highest BCUT2D eigenvalue weighted by Gasteiger charge is 2.38. The predicted molar refractivity (Wildman–Crippen MR) is 126 cm³/mol.